The Morgan fingerprint density at radius 1 is 0.921 bits per heavy atom. The number of sulfonamides is 2. The number of hydrogen-bond donors (Lipinski definition) is 1. The topological polar surface area (TPSA) is 120 Å². The molecule has 1 fully saturated rings. The zero-order valence-corrected chi connectivity index (χ0v) is 23.4. The molecule has 202 valence electrons. The quantitative estimate of drug-likeness (QED) is 0.474. The van der Waals surface area contributed by atoms with Crippen LogP contribution in [0.3, 0.4) is 0 Å². The number of pyridine rings is 1. The lowest BCUT2D eigenvalue weighted by Gasteiger charge is -2.35. The third kappa shape index (κ3) is 5.98. The minimum absolute atomic E-state index is 0.130. The van der Waals surface area contributed by atoms with Crippen molar-refractivity contribution in [2.24, 2.45) is 0 Å². The zero-order chi connectivity index (χ0) is 27.7. The summed E-state index contributed by atoms with van der Waals surface area (Å²) in [6.45, 7) is 5.68. The molecule has 12 heteroatoms. The molecule has 38 heavy (non-hydrogen) atoms. The summed E-state index contributed by atoms with van der Waals surface area (Å²) in [6, 6.07) is 16.3. The van der Waals surface area contributed by atoms with Gasteiger partial charge in [-0.2, -0.15) is 4.31 Å². The highest BCUT2D eigenvalue weighted by Crippen LogP contribution is 2.25. The molecule has 1 N–H and O–H groups in total. The Morgan fingerprint density at radius 2 is 1.55 bits per heavy atom. The first-order valence-electron chi connectivity index (χ1n) is 12.0. The Labute approximate surface area is 224 Å². The lowest BCUT2D eigenvalue weighted by atomic mass is 10.1. The van der Waals surface area contributed by atoms with Gasteiger partial charge in [-0.15, -0.1) is 0 Å². The Kier molecular flexibility index (Phi) is 7.77. The van der Waals surface area contributed by atoms with E-state index in [0.717, 1.165) is 27.6 Å². The van der Waals surface area contributed by atoms with Gasteiger partial charge in [0, 0.05) is 44.6 Å². The molecule has 0 radical (unpaired) electrons. The Balaban J connectivity index is 1.44. The highest BCUT2D eigenvalue weighted by molar-refractivity contribution is 7.92. The standard InChI is InChI=1S/C26H31N5O5S2/c1-19-17-20(2)27-25(18-19)30-13-15-31(16-14-30)38(35,36)22-11-9-21(10-12-22)28-26(32)23-7-5-6-8-24(23)29(3)37(4,33)34/h5-12,17-18H,13-16H2,1-4H3,(H,28,32). The maximum atomic E-state index is 13.2. The molecule has 0 spiro atoms. The average molecular weight is 558 g/mol. The number of aromatic nitrogens is 1. The van der Waals surface area contributed by atoms with Gasteiger partial charge in [-0.05, 0) is 67.9 Å². The van der Waals surface area contributed by atoms with Crippen LogP contribution in [0, 0.1) is 13.8 Å². The molecule has 1 aromatic heterocycles. The molecular weight excluding hydrogens is 526 g/mol. The summed E-state index contributed by atoms with van der Waals surface area (Å²) in [5.74, 6) is 0.340. The van der Waals surface area contributed by atoms with Crippen molar-refractivity contribution >= 4 is 43.1 Å². The first kappa shape index (κ1) is 27.6. The van der Waals surface area contributed by atoms with Crippen molar-refractivity contribution in [3.8, 4) is 0 Å². The predicted molar refractivity (Wildman–Crippen MR) is 149 cm³/mol. The summed E-state index contributed by atoms with van der Waals surface area (Å²) < 4.78 is 52.9. The molecule has 1 aliphatic rings. The fourth-order valence-corrected chi connectivity index (χ4v) is 6.25. The van der Waals surface area contributed by atoms with Crippen molar-refractivity contribution in [2.45, 2.75) is 18.7 Å². The van der Waals surface area contributed by atoms with Crippen LogP contribution >= 0.6 is 0 Å². The van der Waals surface area contributed by atoms with Crippen molar-refractivity contribution < 1.29 is 21.6 Å². The van der Waals surface area contributed by atoms with Crippen LogP contribution in [0.4, 0.5) is 17.2 Å². The summed E-state index contributed by atoms with van der Waals surface area (Å²) in [6.07, 6.45) is 1.06. The van der Waals surface area contributed by atoms with Crippen molar-refractivity contribution in [3.05, 3.63) is 77.5 Å². The van der Waals surface area contributed by atoms with Crippen molar-refractivity contribution in [1.29, 1.82) is 0 Å². The number of anilines is 3. The SMILES string of the molecule is Cc1cc(C)nc(N2CCN(S(=O)(=O)c3ccc(NC(=O)c4ccccc4N(C)S(C)(=O)=O)cc3)CC2)c1. The molecule has 4 rings (SSSR count). The lowest BCUT2D eigenvalue weighted by Crippen LogP contribution is -2.49. The van der Waals surface area contributed by atoms with E-state index in [1.54, 1.807) is 18.2 Å². The molecule has 3 aromatic rings. The van der Waals surface area contributed by atoms with E-state index in [0.29, 0.717) is 31.9 Å². The molecular formula is C26H31N5O5S2. The Hall–Kier alpha value is -3.48. The van der Waals surface area contributed by atoms with Gasteiger partial charge in [0.1, 0.15) is 5.82 Å². The van der Waals surface area contributed by atoms with Crippen molar-refractivity contribution in [3.63, 3.8) is 0 Å². The number of nitrogens with one attached hydrogen (secondary N) is 1. The van der Waals surface area contributed by atoms with Gasteiger partial charge < -0.3 is 10.2 Å². The van der Waals surface area contributed by atoms with Gasteiger partial charge >= 0.3 is 0 Å². The highest BCUT2D eigenvalue weighted by Gasteiger charge is 2.29. The van der Waals surface area contributed by atoms with Gasteiger partial charge in [0.25, 0.3) is 5.91 Å². The molecule has 2 aromatic carbocycles. The van der Waals surface area contributed by atoms with E-state index >= 15 is 0 Å². The largest absolute Gasteiger partial charge is 0.354 e. The summed E-state index contributed by atoms with van der Waals surface area (Å²) in [5, 5.41) is 2.71. The van der Waals surface area contributed by atoms with Crippen molar-refractivity contribution in [1.82, 2.24) is 9.29 Å². The number of piperazine rings is 1. The van der Waals surface area contributed by atoms with E-state index in [9.17, 15) is 21.6 Å². The zero-order valence-electron chi connectivity index (χ0n) is 21.7. The molecule has 1 aliphatic heterocycles. The van der Waals surface area contributed by atoms with Gasteiger partial charge in [-0.3, -0.25) is 9.10 Å². The van der Waals surface area contributed by atoms with Crippen LogP contribution in [0.5, 0.6) is 0 Å². The molecule has 2 heterocycles. The normalized spacial score (nSPS) is 14.8. The van der Waals surface area contributed by atoms with E-state index in [1.165, 1.54) is 41.7 Å². The monoisotopic (exact) mass is 557 g/mol. The van der Waals surface area contributed by atoms with Crippen LogP contribution in [0.1, 0.15) is 21.6 Å². The molecule has 0 aliphatic carbocycles. The number of carbonyl (C=O) groups is 1. The summed E-state index contributed by atoms with van der Waals surface area (Å²) in [5.41, 5.74) is 2.83. The number of carbonyl (C=O) groups excluding carboxylic acids is 1. The van der Waals surface area contributed by atoms with Gasteiger partial charge in [-0.25, -0.2) is 21.8 Å². The van der Waals surface area contributed by atoms with Crippen LogP contribution in [0.2, 0.25) is 0 Å². The second kappa shape index (κ2) is 10.7. The first-order valence-corrected chi connectivity index (χ1v) is 15.3. The molecule has 0 atom stereocenters. The van der Waals surface area contributed by atoms with E-state index in [2.05, 4.69) is 15.2 Å². The van der Waals surface area contributed by atoms with Crippen LogP contribution < -0.4 is 14.5 Å². The fourth-order valence-electron chi connectivity index (χ4n) is 4.32. The van der Waals surface area contributed by atoms with Crippen LogP contribution in [-0.4, -0.2) is 71.5 Å². The maximum Gasteiger partial charge on any atom is 0.257 e. The number of aryl methyl sites for hydroxylation is 2. The van der Waals surface area contributed by atoms with Crippen LogP contribution in [-0.2, 0) is 20.0 Å². The fraction of sp³-hybridized carbons (Fsp3) is 0.308. The van der Waals surface area contributed by atoms with E-state index in [-0.39, 0.29) is 16.1 Å². The summed E-state index contributed by atoms with van der Waals surface area (Å²) in [7, 11) is -5.91. The molecule has 0 unspecified atom stereocenters. The smallest absolute Gasteiger partial charge is 0.257 e. The molecule has 1 saturated heterocycles. The minimum Gasteiger partial charge on any atom is -0.354 e. The van der Waals surface area contributed by atoms with Crippen LogP contribution in [0.15, 0.2) is 65.6 Å². The van der Waals surface area contributed by atoms with E-state index in [1.807, 2.05) is 26.0 Å². The molecule has 10 nitrogen and oxygen atoms in total. The third-order valence-corrected chi connectivity index (χ3v) is 9.49. The third-order valence-electron chi connectivity index (χ3n) is 6.38. The first-order chi connectivity index (χ1) is 17.9. The second-order valence-corrected chi connectivity index (χ2v) is 13.2. The molecule has 1 amide bonds. The Bertz CT molecular complexity index is 1530. The van der Waals surface area contributed by atoms with Gasteiger partial charge in [0.05, 0.1) is 22.4 Å². The van der Waals surface area contributed by atoms with E-state index < -0.39 is 26.0 Å². The average Bonchev–Trinajstić information content (AvgIpc) is 2.87. The number of nitrogens with zero attached hydrogens (tertiary/aromatic N) is 4. The second-order valence-electron chi connectivity index (χ2n) is 9.26. The summed E-state index contributed by atoms with van der Waals surface area (Å²) in [4.78, 5) is 19.7. The number of amides is 1. The van der Waals surface area contributed by atoms with E-state index in [4.69, 9.17) is 0 Å². The van der Waals surface area contributed by atoms with Gasteiger partial charge in [0.15, 0.2) is 0 Å². The molecule has 0 bridgehead atoms. The Morgan fingerprint density at radius 3 is 2.16 bits per heavy atom. The van der Waals surface area contributed by atoms with Gasteiger partial charge in [0.2, 0.25) is 20.0 Å². The minimum atomic E-state index is -3.72. The molecule has 0 saturated carbocycles. The lowest BCUT2D eigenvalue weighted by molar-refractivity contribution is 0.102. The predicted octanol–water partition coefficient (Wildman–Crippen LogP) is 2.86. The number of benzene rings is 2. The maximum absolute atomic E-state index is 13.2. The highest BCUT2D eigenvalue weighted by atomic mass is 32.2. The van der Waals surface area contributed by atoms with Crippen LogP contribution in [0.25, 0.3) is 0 Å². The van der Waals surface area contributed by atoms with Crippen molar-refractivity contribution in [2.75, 3.05) is 54.0 Å². The summed E-state index contributed by atoms with van der Waals surface area (Å²) >= 11 is 0. The van der Waals surface area contributed by atoms with Gasteiger partial charge in [-0.1, -0.05) is 12.1 Å². The number of para-hydroxylation sites is 1. The number of hydrogen-bond acceptors (Lipinski definition) is 7. The number of rotatable bonds is 7.